The lowest BCUT2D eigenvalue weighted by Crippen LogP contribution is -2.31. The smallest absolute Gasteiger partial charge is 0.295 e. The molecule has 0 radical (unpaired) electrons. The van der Waals surface area contributed by atoms with Gasteiger partial charge in [0.05, 0.1) is 30.4 Å². The summed E-state index contributed by atoms with van der Waals surface area (Å²) in [6.45, 7) is 8.56. The summed E-state index contributed by atoms with van der Waals surface area (Å²) in [4.78, 5) is 27.8. The molecule has 1 heterocycles. The molecule has 32 heavy (non-hydrogen) atoms. The molecule has 1 aliphatic rings. The van der Waals surface area contributed by atoms with Gasteiger partial charge in [-0.1, -0.05) is 35.9 Å². The predicted molar refractivity (Wildman–Crippen MR) is 124 cm³/mol. The Kier molecular flexibility index (Phi) is 7.36. The van der Waals surface area contributed by atoms with Crippen molar-refractivity contribution >= 4 is 17.4 Å². The molecule has 1 fully saturated rings. The maximum absolute atomic E-state index is 13.2. The Balaban J connectivity index is 2.12. The quantitative estimate of drug-likeness (QED) is 0.284. The van der Waals surface area contributed by atoms with Crippen LogP contribution in [0.15, 0.2) is 48.0 Å². The first-order valence-corrected chi connectivity index (χ1v) is 10.9. The van der Waals surface area contributed by atoms with Crippen LogP contribution in [0.2, 0.25) is 0 Å². The number of likely N-dealkylation sites (tertiary alicyclic amines) is 1. The summed E-state index contributed by atoms with van der Waals surface area (Å²) in [5.41, 5.74) is 3.12. The number of methoxy groups -OCH3 is 1. The van der Waals surface area contributed by atoms with Gasteiger partial charge in [0, 0.05) is 13.2 Å². The molecule has 2 aromatic carbocycles. The van der Waals surface area contributed by atoms with Gasteiger partial charge in [-0.25, -0.2) is 0 Å². The lowest BCUT2D eigenvalue weighted by atomic mass is 9.92. The van der Waals surface area contributed by atoms with Crippen molar-refractivity contribution in [2.75, 3.05) is 20.3 Å². The summed E-state index contributed by atoms with van der Waals surface area (Å²) in [6.07, 6.45) is 0.674. The van der Waals surface area contributed by atoms with E-state index in [-0.39, 0.29) is 17.4 Å². The van der Waals surface area contributed by atoms with E-state index in [1.807, 2.05) is 58.0 Å². The third-order valence-electron chi connectivity index (χ3n) is 5.63. The van der Waals surface area contributed by atoms with E-state index in [0.717, 1.165) is 16.7 Å². The largest absolute Gasteiger partial charge is 0.507 e. The average Bonchev–Trinajstić information content (AvgIpc) is 3.01. The Bertz CT molecular complexity index is 1040. The van der Waals surface area contributed by atoms with E-state index in [1.54, 1.807) is 17.0 Å². The molecule has 1 saturated heterocycles. The molecule has 0 spiro atoms. The second kappa shape index (κ2) is 10.0. The van der Waals surface area contributed by atoms with E-state index >= 15 is 0 Å². The standard InChI is InChI=1S/C26H31NO5/c1-16(2)32-14-8-13-27-23(19-10-7-6-9-18(19)4)22(25(29)26(27)30)24(28)20-15-17(3)11-12-21(20)31-5/h6-7,9-12,15-16,23,28H,8,13-14H2,1-5H3/b24-22+. The number of nitrogens with zero attached hydrogens (tertiary/aromatic N) is 1. The van der Waals surface area contributed by atoms with Crippen LogP contribution in [0.25, 0.3) is 5.76 Å². The number of ketones is 1. The molecule has 6 nitrogen and oxygen atoms in total. The highest BCUT2D eigenvalue weighted by atomic mass is 16.5. The number of carbonyl (C=O) groups excluding carboxylic acids is 2. The molecule has 2 aromatic rings. The SMILES string of the molecule is COc1ccc(C)cc1/C(O)=C1\C(=O)C(=O)N(CCCOC(C)C)C1c1ccccc1C. The third-order valence-corrected chi connectivity index (χ3v) is 5.63. The number of aliphatic hydroxyl groups is 1. The topological polar surface area (TPSA) is 76.1 Å². The number of amides is 1. The van der Waals surface area contributed by atoms with Crippen molar-refractivity contribution in [2.45, 2.75) is 46.3 Å². The van der Waals surface area contributed by atoms with Crippen LogP contribution in [0.1, 0.15) is 48.6 Å². The molecule has 1 N–H and O–H groups in total. The summed E-state index contributed by atoms with van der Waals surface area (Å²) < 4.78 is 11.0. The van der Waals surface area contributed by atoms with Crippen LogP contribution in [-0.2, 0) is 14.3 Å². The van der Waals surface area contributed by atoms with Crippen molar-refractivity contribution in [3.63, 3.8) is 0 Å². The first-order valence-electron chi connectivity index (χ1n) is 10.9. The third kappa shape index (κ3) is 4.70. The summed E-state index contributed by atoms with van der Waals surface area (Å²) >= 11 is 0. The number of aryl methyl sites for hydroxylation is 2. The van der Waals surface area contributed by atoms with Gasteiger partial charge in [-0.3, -0.25) is 9.59 Å². The zero-order valence-corrected chi connectivity index (χ0v) is 19.3. The van der Waals surface area contributed by atoms with E-state index in [4.69, 9.17) is 9.47 Å². The number of ether oxygens (including phenoxy) is 2. The second-order valence-corrected chi connectivity index (χ2v) is 8.33. The highest BCUT2D eigenvalue weighted by Crippen LogP contribution is 2.42. The van der Waals surface area contributed by atoms with E-state index in [2.05, 4.69) is 0 Å². The number of hydrogen-bond acceptors (Lipinski definition) is 5. The van der Waals surface area contributed by atoms with E-state index in [9.17, 15) is 14.7 Å². The van der Waals surface area contributed by atoms with Crippen molar-refractivity contribution in [3.8, 4) is 5.75 Å². The van der Waals surface area contributed by atoms with E-state index in [0.29, 0.717) is 30.9 Å². The molecule has 1 atom stereocenters. The molecule has 1 unspecified atom stereocenters. The maximum atomic E-state index is 13.2. The molecule has 1 aliphatic heterocycles. The minimum Gasteiger partial charge on any atom is -0.507 e. The summed E-state index contributed by atoms with van der Waals surface area (Å²) in [5, 5.41) is 11.3. The summed E-state index contributed by atoms with van der Waals surface area (Å²) in [5.74, 6) is -1.09. The Morgan fingerprint density at radius 1 is 1.12 bits per heavy atom. The first kappa shape index (κ1) is 23.5. The van der Waals surface area contributed by atoms with Crippen LogP contribution < -0.4 is 4.74 Å². The van der Waals surface area contributed by atoms with Gasteiger partial charge in [0.15, 0.2) is 0 Å². The lowest BCUT2D eigenvalue weighted by molar-refractivity contribution is -0.140. The van der Waals surface area contributed by atoms with Gasteiger partial charge in [-0.15, -0.1) is 0 Å². The Hall–Kier alpha value is -3.12. The maximum Gasteiger partial charge on any atom is 0.295 e. The van der Waals surface area contributed by atoms with Crippen LogP contribution >= 0.6 is 0 Å². The van der Waals surface area contributed by atoms with E-state index in [1.165, 1.54) is 7.11 Å². The van der Waals surface area contributed by atoms with Crippen molar-refractivity contribution in [1.82, 2.24) is 4.90 Å². The van der Waals surface area contributed by atoms with Crippen molar-refractivity contribution in [1.29, 1.82) is 0 Å². The first-order chi connectivity index (χ1) is 15.3. The molecule has 0 bridgehead atoms. The van der Waals surface area contributed by atoms with Gasteiger partial charge in [-0.05, 0) is 57.4 Å². The normalized spacial score (nSPS) is 17.9. The number of rotatable bonds is 8. The molecule has 0 aliphatic carbocycles. The van der Waals surface area contributed by atoms with Crippen LogP contribution in [0.3, 0.4) is 0 Å². The van der Waals surface area contributed by atoms with Crippen LogP contribution in [0.4, 0.5) is 0 Å². The molecule has 170 valence electrons. The van der Waals surface area contributed by atoms with Gasteiger partial charge in [-0.2, -0.15) is 0 Å². The highest BCUT2D eigenvalue weighted by molar-refractivity contribution is 6.46. The second-order valence-electron chi connectivity index (χ2n) is 8.33. The number of hydrogen-bond donors (Lipinski definition) is 1. The highest BCUT2D eigenvalue weighted by Gasteiger charge is 2.46. The minimum atomic E-state index is -0.691. The number of Topliss-reactive ketones (excluding diaryl/α,β-unsaturated/α-hetero) is 1. The molecular formula is C26H31NO5. The van der Waals surface area contributed by atoms with Crippen molar-refractivity contribution < 1.29 is 24.2 Å². The van der Waals surface area contributed by atoms with Gasteiger partial charge in [0.25, 0.3) is 11.7 Å². The van der Waals surface area contributed by atoms with Crippen LogP contribution in [0, 0.1) is 13.8 Å². The molecular weight excluding hydrogens is 406 g/mol. The molecule has 0 aromatic heterocycles. The molecule has 6 heteroatoms. The number of carbonyl (C=O) groups is 2. The van der Waals surface area contributed by atoms with Crippen molar-refractivity contribution in [2.24, 2.45) is 0 Å². The Morgan fingerprint density at radius 3 is 2.50 bits per heavy atom. The van der Waals surface area contributed by atoms with Gasteiger partial charge in [0.1, 0.15) is 11.5 Å². The number of aliphatic hydroxyl groups excluding tert-OH is 1. The predicted octanol–water partition coefficient (Wildman–Crippen LogP) is 4.55. The van der Waals surface area contributed by atoms with E-state index < -0.39 is 17.7 Å². The summed E-state index contributed by atoms with van der Waals surface area (Å²) in [7, 11) is 1.51. The zero-order valence-electron chi connectivity index (χ0n) is 19.3. The summed E-state index contributed by atoms with van der Waals surface area (Å²) in [6, 6.07) is 12.3. The fourth-order valence-corrected chi connectivity index (χ4v) is 4.03. The monoisotopic (exact) mass is 437 g/mol. The van der Waals surface area contributed by atoms with Crippen molar-refractivity contribution in [3.05, 3.63) is 70.3 Å². The molecule has 3 rings (SSSR count). The van der Waals surface area contributed by atoms with Gasteiger partial charge >= 0.3 is 0 Å². The van der Waals surface area contributed by atoms with Crippen LogP contribution in [-0.4, -0.2) is 48.1 Å². The van der Waals surface area contributed by atoms with Gasteiger partial charge in [0.2, 0.25) is 0 Å². The van der Waals surface area contributed by atoms with Gasteiger partial charge < -0.3 is 19.5 Å². The Labute approximate surface area is 189 Å². The fourth-order valence-electron chi connectivity index (χ4n) is 4.03. The lowest BCUT2D eigenvalue weighted by Gasteiger charge is -2.26. The minimum absolute atomic E-state index is 0.0815. The molecule has 1 amide bonds. The zero-order chi connectivity index (χ0) is 23.4. The fraction of sp³-hybridized carbons (Fsp3) is 0.385. The van der Waals surface area contributed by atoms with Crippen LogP contribution in [0.5, 0.6) is 5.75 Å². The Morgan fingerprint density at radius 2 is 1.84 bits per heavy atom. The molecule has 0 saturated carbocycles. The average molecular weight is 438 g/mol. The number of benzene rings is 2.